The molecule has 0 radical (unpaired) electrons. The van der Waals surface area contributed by atoms with Gasteiger partial charge in [0.2, 0.25) is 5.91 Å². The van der Waals surface area contributed by atoms with E-state index in [9.17, 15) is 9.90 Å². The summed E-state index contributed by atoms with van der Waals surface area (Å²) in [5.41, 5.74) is -0.337. The summed E-state index contributed by atoms with van der Waals surface area (Å²) in [4.78, 5) is 14.1. The van der Waals surface area contributed by atoms with Crippen LogP contribution in [0.3, 0.4) is 0 Å². The summed E-state index contributed by atoms with van der Waals surface area (Å²) in [5, 5.41) is 14.4. The van der Waals surface area contributed by atoms with Gasteiger partial charge in [0.25, 0.3) is 0 Å². The monoisotopic (exact) mass is 295 g/mol. The number of amides is 1. The van der Waals surface area contributed by atoms with Crippen LogP contribution >= 0.6 is 11.3 Å². The van der Waals surface area contributed by atoms with E-state index in [0.717, 1.165) is 25.7 Å². The molecular weight excluding hydrogens is 270 g/mol. The number of rotatable bonds is 5. The minimum Gasteiger partial charge on any atom is -0.396 e. The molecule has 0 aliphatic heterocycles. The van der Waals surface area contributed by atoms with Crippen molar-refractivity contribution in [2.24, 2.45) is 5.92 Å². The van der Waals surface area contributed by atoms with Gasteiger partial charge >= 0.3 is 0 Å². The van der Waals surface area contributed by atoms with Crippen LogP contribution in [0.1, 0.15) is 50.8 Å². The van der Waals surface area contributed by atoms with E-state index >= 15 is 0 Å². The SMILES string of the molecule is CC(CO)C(C)NC(=O)C1(c2cccs2)CCCCC1. The van der Waals surface area contributed by atoms with Crippen LogP contribution in [-0.2, 0) is 10.2 Å². The van der Waals surface area contributed by atoms with Crippen molar-refractivity contribution in [1.82, 2.24) is 5.32 Å². The van der Waals surface area contributed by atoms with Crippen molar-refractivity contribution in [3.8, 4) is 0 Å². The minimum absolute atomic E-state index is 0.00580. The van der Waals surface area contributed by atoms with Crippen LogP contribution in [0, 0.1) is 5.92 Å². The largest absolute Gasteiger partial charge is 0.396 e. The molecule has 0 spiro atoms. The van der Waals surface area contributed by atoms with E-state index in [4.69, 9.17) is 0 Å². The van der Waals surface area contributed by atoms with Gasteiger partial charge in [0, 0.05) is 17.5 Å². The molecule has 1 fully saturated rings. The maximum absolute atomic E-state index is 12.9. The van der Waals surface area contributed by atoms with Crippen molar-refractivity contribution < 1.29 is 9.90 Å². The van der Waals surface area contributed by atoms with E-state index in [2.05, 4.69) is 16.8 Å². The number of hydrogen-bond donors (Lipinski definition) is 2. The Labute approximate surface area is 125 Å². The Morgan fingerprint density at radius 1 is 1.40 bits per heavy atom. The lowest BCUT2D eigenvalue weighted by Crippen LogP contribution is -2.50. The van der Waals surface area contributed by atoms with Gasteiger partial charge in [-0.3, -0.25) is 4.79 Å². The molecule has 2 rings (SSSR count). The molecule has 3 nitrogen and oxygen atoms in total. The smallest absolute Gasteiger partial charge is 0.231 e. The standard InChI is InChI=1S/C16H25NO2S/c1-12(11-18)13(2)17-15(19)16(8-4-3-5-9-16)14-7-6-10-20-14/h6-7,10,12-13,18H,3-5,8-9,11H2,1-2H3,(H,17,19). The molecular formula is C16H25NO2S. The minimum atomic E-state index is -0.337. The molecule has 1 aliphatic carbocycles. The van der Waals surface area contributed by atoms with Crippen LogP contribution in [0.25, 0.3) is 0 Å². The van der Waals surface area contributed by atoms with Crippen LogP contribution < -0.4 is 5.32 Å². The third kappa shape index (κ3) is 3.07. The first-order chi connectivity index (χ1) is 9.60. The highest BCUT2D eigenvalue weighted by atomic mass is 32.1. The predicted octanol–water partition coefficient (Wildman–Crippen LogP) is 3.08. The van der Waals surface area contributed by atoms with Crippen molar-refractivity contribution in [1.29, 1.82) is 0 Å². The summed E-state index contributed by atoms with van der Waals surface area (Å²) in [5.74, 6) is 0.232. The topological polar surface area (TPSA) is 49.3 Å². The van der Waals surface area contributed by atoms with Gasteiger partial charge in [0.1, 0.15) is 0 Å². The second-order valence-corrected chi connectivity index (χ2v) is 6.99. The molecule has 112 valence electrons. The first-order valence-electron chi connectivity index (χ1n) is 7.56. The van der Waals surface area contributed by atoms with Crippen molar-refractivity contribution in [3.63, 3.8) is 0 Å². The Morgan fingerprint density at radius 3 is 2.65 bits per heavy atom. The normalized spacial score (nSPS) is 21.1. The Balaban J connectivity index is 2.17. The van der Waals surface area contributed by atoms with E-state index in [1.165, 1.54) is 11.3 Å². The molecule has 1 heterocycles. The van der Waals surface area contributed by atoms with E-state index in [0.29, 0.717) is 0 Å². The van der Waals surface area contributed by atoms with E-state index < -0.39 is 0 Å². The predicted molar refractivity (Wildman–Crippen MR) is 82.9 cm³/mol. The maximum atomic E-state index is 12.9. The zero-order chi connectivity index (χ0) is 14.6. The average molecular weight is 295 g/mol. The number of aliphatic hydroxyl groups excluding tert-OH is 1. The van der Waals surface area contributed by atoms with Crippen molar-refractivity contribution in [2.45, 2.75) is 57.4 Å². The van der Waals surface area contributed by atoms with Crippen LogP contribution in [0.2, 0.25) is 0 Å². The second kappa shape index (κ2) is 6.72. The molecule has 2 N–H and O–H groups in total. The number of hydrogen-bond acceptors (Lipinski definition) is 3. The maximum Gasteiger partial charge on any atom is 0.231 e. The Morgan fingerprint density at radius 2 is 2.10 bits per heavy atom. The van der Waals surface area contributed by atoms with Crippen molar-refractivity contribution >= 4 is 17.2 Å². The van der Waals surface area contributed by atoms with Gasteiger partial charge in [-0.05, 0) is 37.1 Å². The summed E-state index contributed by atoms with van der Waals surface area (Å²) >= 11 is 1.69. The zero-order valence-electron chi connectivity index (χ0n) is 12.4. The van der Waals surface area contributed by atoms with Gasteiger partial charge in [0.15, 0.2) is 0 Å². The fourth-order valence-corrected chi connectivity index (χ4v) is 3.92. The van der Waals surface area contributed by atoms with Crippen molar-refractivity contribution in [3.05, 3.63) is 22.4 Å². The number of carbonyl (C=O) groups is 1. The van der Waals surface area contributed by atoms with Gasteiger partial charge in [-0.1, -0.05) is 32.3 Å². The number of carbonyl (C=O) groups excluding carboxylic acids is 1. The Kier molecular flexibility index (Phi) is 5.22. The first kappa shape index (κ1) is 15.5. The summed E-state index contributed by atoms with van der Waals surface area (Å²) in [6.07, 6.45) is 5.35. The average Bonchev–Trinajstić information content (AvgIpc) is 3.01. The highest BCUT2D eigenvalue weighted by Gasteiger charge is 2.42. The fourth-order valence-electron chi connectivity index (χ4n) is 2.94. The van der Waals surface area contributed by atoms with Gasteiger partial charge in [-0.2, -0.15) is 0 Å². The molecule has 20 heavy (non-hydrogen) atoms. The third-order valence-electron chi connectivity index (χ3n) is 4.63. The van der Waals surface area contributed by atoms with E-state index in [-0.39, 0.29) is 29.9 Å². The van der Waals surface area contributed by atoms with Crippen LogP contribution in [0.15, 0.2) is 17.5 Å². The number of nitrogens with one attached hydrogen (secondary N) is 1. The quantitative estimate of drug-likeness (QED) is 0.877. The number of thiophene rings is 1. The van der Waals surface area contributed by atoms with Gasteiger partial charge < -0.3 is 10.4 Å². The molecule has 1 aromatic heterocycles. The molecule has 1 saturated carbocycles. The molecule has 0 aromatic carbocycles. The van der Waals surface area contributed by atoms with Crippen LogP contribution in [0.5, 0.6) is 0 Å². The van der Waals surface area contributed by atoms with Crippen LogP contribution in [0.4, 0.5) is 0 Å². The first-order valence-corrected chi connectivity index (χ1v) is 8.44. The summed E-state index contributed by atoms with van der Waals surface area (Å²) < 4.78 is 0. The summed E-state index contributed by atoms with van der Waals surface area (Å²) in [6.45, 7) is 4.04. The number of aliphatic hydroxyl groups is 1. The lowest BCUT2D eigenvalue weighted by molar-refractivity contribution is -0.129. The molecule has 1 aromatic rings. The molecule has 2 unspecified atom stereocenters. The molecule has 0 bridgehead atoms. The van der Waals surface area contributed by atoms with Crippen LogP contribution in [-0.4, -0.2) is 23.7 Å². The Bertz CT molecular complexity index is 424. The fraction of sp³-hybridized carbons (Fsp3) is 0.688. The highest BCUT2D eigenvalue weighted by Crippen LogP contribution is 2.41. The third-order valence-corrected chi connectivity index (χ3v) is 5.71. The summed E-state index contributed by atoms with van der Waals surface area (Å²) in [6, 6.07) is 4.13. The summed E-state index contributed by atoms with van der Waals surface area (Å²) in [7, 11) is 0. The van der Waals surface area contributed by atoms with Crippen molar-refractivity contribution in [2.75, 3.05) is 6.61 Å². The van der Waals surface area contributed by atoms with Gasteiger partial charge in [-0.15, -0.1) is 11.3 Å². The highest BCUT2D eigenvalue weighted by molar-refractivity contribution is 7.10. The molecule has 4 heteroatoms. The zero-order valence-corrected chi connectivity index (χ0v) is 13.2. The molecule has 1 amide bonds. The van der Waals surface area contributed by atoms with E-state index in [1.807, 2.05) is 19.9 Å². The van der Waals surface area contributed by atoms with Gasteiger partial charge in [0.05, 0.1) is 5.41 Å². The molecule has 1 aliphatic rings. The molecule has 0 saturated heterocycles. The van der Waals surface area contributed by atoms with E-state index in [1.54, 1.807) is 11.3 Å². The second-order valence-electron chi connectivity index (χ2n) is 6.04. The van der Waals surface area contributed by atoms with Gasteiger partial charge in [-0.25, -0.2) is 0 Å². The Hall–Kier alpha value is -0.870. The lowest BCUT2D eigenvalue weighted by Gasteiger charge is -2.36. The lowest BCUT2D eigenvalue weighted by atomic mass is 9.72. The molecule has 2 atom stereocenters.